The fourth-order valence-electron chi connectivity index (χ4n) is 2.26. The van der Waals surface area contributed by atoms with Crippen LogP contribution < -0.4 is 0 Å². The van der Waals surface area contributed by atoms with Crippen LogP contribution in [0.5, 0.6) is 0 Å². The maximum absolute atomic E-state index is 5.49. The SMILES string of the molecule is C=C(C)CCCCCCl.C=C(c1ccccc1)c1ccc(C)cc1. The molecule has 2 rings (SSSR count). The molecule has 0 aliphatic carbocycles. The fraction of sp³-hybridized carbons (Fsp3) is 0.304. The van der Waals surface area contributed by atoms with Crippen molar-refractivity contribution in [2.75, 3.05) is 5.88 Å². The van der Waals surface area contributed by atoms with Gasteiger partial charge >= 0.3 is 0 Å². The zero-order valence-corrected chi connectivity index (χ0v) is 15.8. The van der Waals surface area contributed by atoms with Crippen LogP contribution in [0, 0.1) is 6.92 Å². The number of halogens is 1. The maximum atomic E-state index is 5.49. The van der Waals surface area contributed by atoms with Crippen LogP contribution in [0.2, 0.25) is 0 Å². The van der Waals surface area contributed by atoms with Crippen molar-refractivity contribution in [3.63, 3.8) is 0 Å². The first-order valence-corrected chi connectivity index (χ1v) is 9.09. The summed E-state index contributed by atoms with van der Waals surface area (Å²) in [4.78, 5) is 0. The quantitative estimate of drug-likeness (QED) is 0.279. The Balaban J connectivity index is 0.000000277. The Morgan fingerprint density at radius 3 is 1.96 bits per heavy atom. The molecule has 0 heterocycles. The third kappa shape index (κ3) is 8.17. The first kappa shape index (κ1) is 20.3. The second kappa shape index (κ2) is 11.7. The number of hydrogen-bond donors (Lipinski definition) is 0. The van der Waals surface area contributed by atoms with Crippen molar-refractivity contribution in [1.82, 2.24) is 0 Å². The van der Waals surface area contributed by atoms with E-state index in [-0.39, 0.29) is 0 Å². The molecule has 0 radical (unpaired) electrons. The van der Waals surface area contributed by atoms with Gasteiger partial charge in [0.15, 0.2) is 0 Å². The van der Waals surface area contributed by atoms with Crippen LogP contribution in [0.4, 0.5) is 0 Å². The van der Waals surface area contributed by atoms with Crippen LogP contribution in [0.3, 0.4) is 0 Å². The Kier molecular flexibility index (Phi) is 9.88. The Bertz CT molecular complexity index is 608. The maximum Gasteiger partial charge on any atom is 0.0223 e. The molecule has 0 unspecified atom stereocenters. The molecule has 0 saturated carbocycles. The molecule has 0 fully saturated rings. The van der Waals surface area contributed by atoms with E-state index in [0.29, 0.717) is 0 Å². The molecule has 2 aromatic carbocycles. The molecule has 0 saturated heterocycles. The van der Waals surface area contributed by atoms with Crippen molar-refractivity contribution in [1.29, 1.82) is 0 Å². The topological polar surface area (TPSA) is 0 Å². The molecule has 0 bridgehead atoms. The number of alkyl halides is 1. The van der Waals surface area contributed by atoms with Crippen LogP contribution in [-0.2, 0) is 0 Å². The van der Waals surface area contributed by atoms with E-state index in [4.69, 9.17) is 11.6 Å². The minimum atomic E-state index is 0.802. The predicted octanol–water partition coefficient (Wildman–Crippen LogP) is 7.42. The zero-order chi connectivity index (χ0) is 17.8. The highest BCUT2D eigenvalue weighted by Gasteiger charge is 2.00. The molecule has 0 aliphatic rings. The molecule has 0 amide bonds. The van der Waals surface area contributed by atoms with Gasteiger partial charge in [-0.3, -0.25) is 0 Å². The number of hydrogen-bond acceptors (Lipinski definition) is 0. The minimum Gasteiger partial charge on any atom is -0.127 e. The molecule has 0 spiro atoms. The number of unbranched alkanes of at least 4 members (excludes halogenated alkanes) is 2. The molecule has 0 N–H and O–H groups in total. The third-order valence-corrected chi connectivity index (χ3v) is 4.03. The second-order valence-corrected chi connectivity index (χ2v) is 6.55. The van der Waals surface area contributed by atoms with Crippen molar-refractivity contribution in [2.45, 2.75) is 39.5 Å². The van der Waals surface area contributed by atoms with Crippen molar-refractivity contribution in [2.24, 2.45) is 0 Å². The van der Waals surface area contributed by atoms with Gasteiger partial charge in [-0.2, -0.15) is 0 Å². The van der Waals surface area contributed by atoms with E-state index in [1.54, 1.807) is 0 Å². The average molecular weight is 341 g/mol. The standard InChI is InChI=1S/C15H14.C8H15Cl/c1-12-8-10-15(11-9-12)13(2)14-6-4-3-5-7-14;1-8(2)6-4-3-5-7-9/h3-11H,2H2,1H3;1,3-7H2,2H3. The van der Waals surface area contributed by atoms with Gasteiger partial charge in [-0.15, -0.1) is 18.2 Å². The number of aryl methyl sites for hydroxylation is 1. The van der Waals surface area contributed by atoms with Crippen LogP contribution in [0.1, 0.15) is 49.3 Å². The first-order valence-electron chi connectivity index (χ1n) is 8.56. The third-order valence-electron chi connectivity index (χ3n) is 3.76. The Morgan fingerprint density at radius 2 is 1.42 bits per heavy atom. The van der Waals surface area contributed by atoms with E-state index in [1.807, 2.05) is 18.2 Å². The van der Waals surface area contributed by atoms with Gasteiger partial charge in [0.25, 0.3) is 0 Å². The van der Waals surface area contributed by atoms with E-state index >= 15 is 0 Å². The van der Waals surface area contributed by atoms with Gasteiger partial charge in [0.1, 0.15) is 0 Å². The molecule has 1 heteroatoms. The van der Waals surface area contributed by atoms with Gasteiger partial charge in [-0.1, -0.05) is 78.7 Å². The lowest BCUT2D eigenvalue weighted by atomic mass is 9.99. The molecule has 0 aromatic heterocycles. The van der Waals surface area contributed by atoms with E-state index in [2.05, 4.69) is 63.4 Å². The fourth-order valence-corrected chi connectivity index (χ4v) is 2.45. The second-order valence-electron chi connectivity index (χ2n) is 6.17. The van der Waals surface area contributed by atoms with Crippen LogP contribution >= 0.6 is 11.6 Å². The van der Waals surface area contributed by atoms with E-state index in [0.717, 1.165) is 24.3 Å². The highest BCUT2D eigenvalue weighted by Crippen LogP contribution is 2.21. The lowest BCUT2D eigenvalue weighted by Gasteiger charge is -2.06. The Hall–Kier alpha value is -1.79. The summed E-state index contributed by atoms with van der Waals surface area (Å²) in [6.45, 7) is 12.1. The Morgan fingerprint density at radius 1 is 0.833 bits per heavy atom. The smallest absolute Gasteiger partial charge is 0.0223 e. The molecular weight excluding hydrogens is 312 g/mol. The monoisotopic (exact) mass is 340 g/mol. The summed E-state index contributed by atoms with van der Waals surface area (Å²) in [5, 5.41) is 0. The van der Waals surface area contributed by atoms with Crippen molar-refractivity contribution in [3.8, 4) is 0 Å². The molecular formula is C23H29Cl. The summed E-state index contributed by atoms with van der Waals surface area (Å²) in [7, 11) is 0. The van der Waals surface area contributed by atoms with Crippen LogP contribution in [-0.4, -0.2) is 5.88 Å². The minimum absolute atomic E-state index is 0.802. The van der Waals surface area contributed by atoms with E-state index in [1.165, 1.54) is 35.1 Å². The summed E-state index contributed by atoms with van der Waals surface area (Å²) in [6.07, 6.45) is 4.81. The number of rotatable bonds is 7. The molecule has 2 aromatic rings. The number of allylic oxidation sites excluding steroid dienone is 1. The van der Waals surface area contributed by atoms with Gasteiger partial charge < -0.3 is 0 Å². The molecule has 24 heavy (non-hydrogen) atoms. The average Bonchev–Trinajstić information content (AvgIpc) is 2.60. The highest BCUT2D eigenvalue weighted by molar-refractivity contribution is 6.17. The predicted molar refractivity (Wildman–Crippen MR) is 110 cm³/mol. The molecule has 0 atom stereocenters. The summed E-state index contributed by atoms with van der Waals surface area (Å²) >= 11 is 5.49. The molecule has 128 valence electrons. The first-order chi connectivity index (χ1) is 11.5. The van der Waals surface area contributed by atoms with Crippen molar-refractivity contribution < 1.29 is 0 Å². The lowest BCUT2D eigenvalue weighted by molar-refractivity contribution is 0.717. The van der Waals surface area contributed by atoms with Gasteiger partial charge in [-0.25, -0.2) is 0 Å². The summed E-state index contributed by atoms with van der Waals surface area (Å²) < 4.78 is 0. The van der Waals surface area contributed by atoms with Crippen molar-refractivity contribution in [3.05, 3.63) is 90.0 Å². The summed E-state index contributed by atoms with van der Waals surface area (Å²) in [5.74, 6) is 0.802. The van der Waals surface area contributed by atoms with Crippen molar-refractivity contribution >= 4 is 17.2 Å². The normalized spacial score (nSPS) is 9.79. The summed E-state index contributed by atoms with van der Waals surface area (Å²) in [6, 6.07) is 18.7. The molecule has 0 aliphatic heterocycles. The highest BCUT2D eigenvalue weighted by atomic mass is 35.5. The van der Waals surface area contributed by atoms with Gasteiger partial charge in [0.2, 0.25) is 0 Å². The summed E-state index contributed by atoms with van der Waals surface area (Å²) in [5.41, 5.74) is 6.01. The Labute approximate surface area is 152 Å². The molecule has 0 nitrogen and oxygen atoms in total. The lowest BCUT2D eigenvalue weighted by Crippen LogP contribution is -1.85. The van der Waals surface area contributed by atoms with Gasteiger partial charge in [0, 0.05) is 5.88 Å². The largest absolute Gasteiger partial charge is 0.127 e. The van der Waals surface area contributed by atoms with E-state index in [9.17, 15) is 0 Å². The van der Waals surface area contributed by atoms with Crippen LogP contribution in [0.25, 0.3) is 5.57 Å². The number of benzene rings is 2. The zero-order valence-electron chi connectivity index (χ0n) is 15.0. The van der Waals surface area contributed by atoms with E-state index < -0.39 is 0 Å². The van der Waals surface area contributed by atoms with Gasteiger partial charge in [0.05, 0.1) is 0 Å². The van der Waals surface area contributed by atoms with Crippen LogP contribution in [0.15, 0.2) is 73.3 Å². The van der Waals surface area contributed by atoms with Gasteiger partial charge in [-0.05, 0) is 49.8 Å².